The van der Waals surface area contributed by atoms with E-state index >= 15 is 0 Å². The van der Waals surface area contributed by atoms with Crippen LogP contribution in [0, 0.1) is 11.6 Å². The second-order valence-electron chi connectivity index (χ2n) is 4.43. The largest absolute Gasteiger partial charge is 0.393 e. The Morgan fingerprint density at radius 1 is 1.40 bits per heavy atom. The van der Waals surface area contributed by atoms with E-state index in [0.29, 0.717) is 12.0 Å². The van der Waals surface area contributed by atoms with Gasteiger partial charge in [-0.2, -0.15) is 4.98 Å². The number of nitrogens with zero attached hydrogens (tertiary/aromatic N) is 2. The average molecular weight is 347 g/mol. The van der Waals surface area contributed by atoms with Crippen molar-refractivity contribution in [1.82, 2.24) is 10.1 Å². The summed E-state index contributed by atoms with van der Waals surface area (Å²) in [7, 11) is 0. The smallest absolute Gasteiger partial charge is 0.232 e. The van der Waals surface area contributed by atoms with E-state index in [4.69, 9.17) is 4.52 Å². The summed E-state index contributed by atoms with van der Waals surface area (Å²) in [6.07, 6.45) is -0.0141. The lowest BCUT2D eigenvalue weighted by molar-refractivity contribution is 0.141. The molecule has 0 bridgehead atoms. The maximum Gasteiger partial charge on any atom is 0.232 e. The molecule has 2 rings (SSSR count). The summed E-state index contributed by atoms with van der Waals surface area (Å²) in [5.41, 5.74) is 0.291. The van der Waals surface area contributed by atoms with Crippen LogP contribution in [0.25, 0.3) is 11.4 Å². The van der Waals surface area contributed by atoms with Gasteiger partial charge >= 0.3 is 0 Å². The lowest BCUT2D eigenvalue weighted by Crippen LogP contribution is -2.14. The van der Waals surface area contributed by atoms with Gasteiger partial charge in [0.05, 0.1) is 16.5 Å². The SMILES string of the molecule is CCC(c1nc(-c2ccc(F)c(F)c2Br)no1)C(C)O. The Balaban J connectivity index is 2.41. The summed E-state index contributed by atoms with van der Waals surface area (Å²) in [6.45, 7) is 3.51. The summed E-state index contributed by atoms with van der Waals surface area (Å²) < 4.78 is 31.6. The van der Waals surface area contributed by atoms with Gasteiger partial charge in [0.25, 0.3) is 0 Å². The van der Waals surface area contributed by atoms with Gasteiger partial charge in [-0.05, 0) is 41.4 Å². The maximum absolute atomic E-state index is 13.5. The van der Waals surface area contributed by atoms with Crippen LogP contribution in [-0.4, -0.2) is 21.4 Å². The zero-order valence-corrected chi connectivity index (χ0v) is 12.5. The second kappa shape index (κ2) is 5.97. The van der Waals surface area contributed by atoms with Crippen molar-refractivity contribution in [3.63, 3.8) is 0 Å². The molecule has 1 N–H and O–H groups in total. The highest BCUT2D eigenvalue weighted by Gasteiger charge is 2.24. The summed E-state index contributed by atoms with van der Waals surface area (Å²) in [6, 6.07) is 2.36. The van der Waals surface area contributed by atoms with E-state index in [-0.39, 0.29) is 22.1 Å². The van der Waals surface area contributed by atoms with E-state index in [1.54, 1.807) is 6.92 Å². The molecule has 2 atom stereocenters. The van der Waals surface area contributed by atoms with Gasteiger partial charge < -0.3 is 9.63 Å². The van der Waals surface area contributed by atoms with E-state index in [9.17, 15) is 13.9 Å². The highest BCUT2D eigenvalue weighted by Crippen LogP contribution is 2.31. The molecule has 0 radical (unpaired) electrons. The molecule has 0 aliphatic heterocycles. The molecule has 0 spiro atoms. The van der Waals surface area contributed by atoms with Crippen LogP contribution in [-0.2, 0) is 0 Å². The minimum absolute atomic E-state index is 0.0602. The number of aromatic nitrogens is 2. The highest BCUT2D eigenvalue weighted by atomic mass is 79.9. The van der Waals surface area contributed by atoms with Crippen molar-refractivity contribution < 1.29 is 18.4 Å². The van der Waals surface area contributed by atoms with Crippen LogP contribution in [0.4, 0.5) is 8.78 Å². The van der Waals surface area contributed by atoms with Crippen LogP contribution in [0.2, 0.25) is 0 Å². The van der Waals surface area contributed by atoms with Crippen molar-refractivity contribution in [3.8, 4) is 11.4 Å². The second-order valence-corrected chi connectivity index (χ2v) is 5.23. The van der Waals surface area contributed by atoms with E-state index in [1.807, 2.05) is 6.92 Å². The van der Waals surface area contributed by atoms with Gasteiger partial charge in [0.1, 0.15) is 0 Å². The molecule has 0 saturated heterocycles. The molecular formula is C13H13BrF2N2O2. The number of halogens is 3. The topological polar surface area (TPSA) is 59.2 Å². The molecule has 0 amide bonds. The van der Waals surface area contributed by atoms with Gasteiger partial charge in [-0.1, -0.05) is 12.1 Å². The summed E-state index contributed by atoms with van der Waals surface area (Å²) in [4.78, 5) is 4.15. The monoisotopic (exact) mass is 346 g/mol. The minimum atomic E-state index is -1.00. The Bertz CT molecular complexity index is 616. The Morgan fingerprint density at radius 3 is 2.70 bits per heavy atom. The predicted molar refractivity (Wildman–Crippen MR) is 72.1 cm³/mol. The molecule has 20 heavy (non-hydrogen) atoms. The third-order valence-corrected chi connectivity index (χ3v) is 3.83. The van der Waals surface area contributed by atoms with Crippen molar-refractivity contribution in [3.05, 3.63) is 34.1 Å². The van der Waals surface area contributed by atoms with Crippen molar-refractivity contribution in [1.29, 1.82) is 0 Å². The average Bonchev–Trinajstić information content (AvgIpc) is 2.86. The number of hydrogen-bond acceptors (Lipinski definition) is 4. The number of hydrogen-bond donors (Lipinski definition) is 1. The van der Waals surface area contributed by atoms with Crippen LogP contribution < -0.4 is 0 Å². The van der Waals surface area contributed by atoms with E-state index in [0.717, 1.165) is 6.07 Å². The van der Waals surface area contributed by atoms with Crippen molar-refractivity contribution in [2.45, 2.75) is 32.3 Å². The van der Waals surface area contributed by atoms with Gasteiger partial charge in [0.15, 0.2) is 11.6 Å². The van der Waals surface area contributed by atoms with Crippen molar-refractivity contribution in [2.24, 2.45) is 0 Å². The number of aliphatic hydroxyl groups excluding tert-OH is 1. The fourth-order valence-corrected chi connectivity index (χ4v) is 2.41. The molecule has 108 valence electrons. The van der Waals surface area contributed by atoms with Gasteiger partial charge in [-0.3, -0.25) is 0 Å². The van der Waals surface area contributed by atoms with Crippen molar-refractivity contribution in [2.75, 3.05) is 0 Å². The lowest BCUT2D eigenvalue weighted by atomic mass is 10.0. The third kappa shape index (κ3) is 2.73. The first kappa shape index (κ1) is 15.1. The molecule has 4 nitrogen and oxygen atoms in total. The molecule has 0 aliphatic rings. The van der Waals surface area contributed by atoms with Crippen LogP contribution >= 0.6 is 15.9 Å². The molecular weight excluding hydrogens is 334 g/mol. The van der Waals surface area contributed by atoms with Gasteiger partial charge in [-0.25, -0.2) is 8.78 Å². The Hall–Kier alpha value is -1.34. The van der Waals surface area contributed by atoms with Crippen LogP contribution in [0.3, 0.4) is 0 Å². The fraction of sp³-hybridized carbons (Fsp3) is 0.385. The molecule has 7 heteroatoms. The number of aliphatic hydroxyl groups is 1. The molecule has 2 unspecified atom stereocenters. The normalized spacial score (nSPS) is 14.3. The van der Waals surface area contributed by atoms with Crippen molar-refractivity contribution >= 4 is 15.9 Å². The summed E-state index contributed by atoms with van der Waals surface area (Å²) in [5.74, 6) is -1.84. The first-order valence-corrected chi connectivity index (χ1v) is 6.90. The minimum Gasteiger partial charge on any atom is -0.393 e. The Morgan fingerprint density at radius 2 is 2.10 bits per heavy atom. The fourth-order valence-electron chi connectivity index (χ4n) is 1.92. The lowest BCUT2D eigenvalue weighted by Gasteiger charge is -2.12. The molecule has 1 aromatic heterocycles. The maximum atomic E-state index is 13.5. The predicted octanol–water partition coefficient (Wildman–Crippen LogP) is 3.65. The molecule has 0 aliphatic carbocycles. The molecule has 0 fully saturated rings. The van der Waals surface area contributed by atoms with Crippen LogP contribution in [0.5, 0.6) is 0 Å². The standard InChI is InChI=1S/C13H13BrF2N2O2/c1-3-7(6(2)19)13-17-12(18-20-13)8-4-5-9(15)11(16)10(8)14/h4-7,19H,3H2,1-2H3. The summed E-state index contributed by atoms with van der Waals surface area (Å²) >= 11 is 2.97. The first-order chi connectivity index (χ1) is 9.45. The zero-order valence-electron chi connectivity index (χ0n) is 10.9. The van der Waals surface area contributed by atoms with Gasteiger partial charge in [0, 0.05) is 5.56 Å². The van der Waals surface area contributed by atoms with Gasteiger partial charge in [-0.15, -0.1) is 0 Å². The van der Waals surface area contributed by atoms with Crippen LogP contribution in [0.15, 0.2) is 21.1 Å². The molecule has 0 saturated carbocycles. The van der Waals surface area contributed by atoms with E-state index < -0.39 is 17.7 Å². The summed E-state index contributed by atoms with van der Waals surface area (Å²) in [5, 5.41) is 13.4. The van der Waals surface area contributed by atoms with E-state index in [2.05, 4.69) is 26.1 Å². The first-order valence-electron chi connectivity index (χ1n) is 6.11. The van der Waals surface area contributed by atoms with Crippen LogP contribution in [0.1, 0.15) is 32.1 Å². The molecule has 1 heterocycles. The Labute approximate surface area is 122 Å². The van der Waals surface area contributed by atoms with E-state index in [1.165, 1.54) is 6.07 Å². The highest BCUT2D eigenvalue weighted by molar-refractivity contribution is 9.10. The Kier molecular flexibility index (Phi) is 4.49. The zero-order chi connectivity index (χ0) is 14.9. The quantitative estimate of drug-likeness (QED) is 0.858. The number of rotatable bonds is 4. The third-order valence-electron chi connectivity index (χ3n) is 3.06. The van der Waals surface area contributed by atoms with Gasteiger partial charge in [0.2, 0.25) is 11.7 Å². The number of benzene rings is 1. The molecule has 2 aromatic rings. The molecule has 1 aromatic carbocycles.